The summed E-state index contributed by atoms with van der Waals surface area (Å²) in [5, 5.41) is 22.6. The molecule has 0 fully saturated rings. The van der Waals surface area contributed by atoms with Crippen molar-refractivity contribution in [2.45, 2.75) is 38.6 Å². The molecule has 0 aromatic heterocycles. The van der Waals surface area contributed by atoms with Gasteiger partial charge in [-0.15, -0.1) is 0 Å². The average molecular weight is 292 g/mol. The van der Waals surface area contributed by atoms with Gasteiger partial charge in [0.2, 0.25) is 0 Å². The minimum absolute atomic E-state index is 0.121. The second-order valence-corrected chi connectivity index (χ2v) is 4.62. The molecular formula is C12H15F3N2O3. The zero-order valence-electron chi connectivity index (χ0n) is 10.9. The summed E-state index contributed by atoms with van der Waals surface area (Å²) in [5.74, 6) is 0. The van der Waals surface area contributed by atoms with E-state index in [1.165, 1.54) is 6.07 Å². The number of hydrogen-bond acceptors (Lipinski definition) is 4. The van der Waals surface area contributed by atoms with Crippen LogP contribution in [0.25, 0.3) is 0 Å². The van der Waals surface area contributed by atoms with Gasteiger partial charge in [-0.3, -0.25) is 10.1 Å². The molecule has 1 rings (SSSR count). The van der Waals surface area contributed by atoms with Crippen molar-refractivity contribution in [3.63, 3.8) is 0 Å². The topological polar surface area (TPSA) is 75.4 Å². The molecule has 0 spiro atoms. The van der Waals surface area contributed by atoms with Crippen molar-refractivity contribution in [1.29, 1.82) is 0 Å². The molecule has 8 heteroatoms. The van der Waals surface area contributed by atoms with E-state index >= 15 is 0 Å². The van der Waals surface area contributed by atoms with Crippen molar-refractivity contribution in [2.24, 2.45) is 0 Å². The zero-order chi connectivity index (χ0) is 15.5. The molecule has 1 aromatic rings. The van der Waals surface area contributed by atoms with Crippen molar-refractivity contribution in [2.75, 3.05) is 5.32 Å². The molecule has 0 aliphatic carbocycles. The molecule has 20 heavy (non-hydrogen) atoms. The lowest BCUT2D eigenvalue weighted by Gasteiger charge is -2.17. The number of hydrogen-bond donors (Lipinski definition) is 2. The Labute approximate surface area is 113 Å². The zero-order valence-corrected chi connectivity index (χ0v) is 10.9. The van der Waals surface area contributed by atoms with Crippen LogP contribution < -0.4 is 5.32 Å². The molecule has 5 nitrogen and oxygen atoms in total. The Bertz CT molecular complexity index is 489. The number of nitro groups is 1. The van der Waals surface area contributed by atoms with E-state index in [0.717, 1.165) is 6.07 Å². The normalized spacial score (nSPS) is 14.7. The fraction of sp³-hybridized carbons (Fsp3) is 0.500. The van der Waals surface area contributed by atoms with Crippen LogP contribution in [0.1, 0.15) is 25.8 Å². The summed E-state index contributed by atoms with van der Waals surface area (Å²) in [6.07, 6.45) is -5.05. The monoisotopic (exact) mass is 292 g/mol. The Kier molecular flexibility index (Phi) is 4.93. The van der Waals surface area contributed by atoms with Crippen LogP contribution in [0, 0.1) is 10.1 Å². The van der Waals surface area contributed by atoms with Crippen molar-refractivity contribution in [3.05, 3.63) is 33.9 Å². The summed E-state index contributed by atoms with van der Waals surface area (Å²) in [5.41, 5.74) is -2.15. The summed E-state index contributed by atoms with van der Waals surface area (Å²) in [6, 6.07) is 2.47. The Balaban J connectivity index is 3.04. The van der Waals surface area contributed by atoms with Gasteiger partial charge in [0.25, 0.3) is 5.69 Å². The summed E-state index contributed by atoms with van der Waals surface area (Å²) in [6.45, 7) is 3.26. The molecule has 0 saturated heterocycles. The summed E-state index contributed by atoms with van der Waals surface area (Å²) >= 11 is 0. The molecule has 0 bridgehead atoms. The average Bonchev–Trinajstić information content (AvgIpc) is 2.25. The van der Waals surface area contributed by atoms with Crippen molar-refractivity contribution >= 4 is 11.4 Å². The predicted octanol–water partition coefficient (Wildman–Crippen LogP) is 3.18. The molecule has 112 valence electrons. The van der Waals surface area contributed by atoms with Crippen LogP contribution in [0.3, 0.4) is 0 Å². The predicted molar refractivity (Wildman–Crippen MR) is 67.5 cm³/mol. The first kappa shape index (κ1) is 16.2. The smallest absolute Gasteiger partial charge is 0.393 e. The molecule has 2 N–H and O–H groups in total. The quantitative estimate of drug-likeness (QED) is 0.645. The summed E-state index contributed by atoms with van der Waals surface area (Å²) in [7, 11) is 0. The number of nitro benzene ring substituents is 1. The van der Waals surface area contributed by atoms with Crippen LogP contribution in [-0.2, 0) is 6.18 Å². The number of halogens is 3. The molecule has 0 amide bonds. The maximum Gasteiger partial charge on any atom is 0.423 e. The van der Waals surface area contributed by atoms with Gasteiger partial charge in [-0.25, -0.2) is 0 Å². The number of benzene rings is 1. The number of nitrogens with zero attached hydrogens (tertiary/aromatic N) is 1. The van der Waals surface area contributed by atoms with E-state index in [0.29, 0.717) is 12.5 Å². The molecule has 0 heterocycles. The van der Waals surface area contributed by atoms with E-state index in [2.05, 4.69) is 5.32 Å². The molecular weight excluding hydrogens is 277 g/mol. The van der Waals surface area contributed by atoms with E-state index in [4.69, 9.17) is 0 Å². The van der Waals surface area contributed by atoms with Gasteiger partial charge in [0, 0.05) is 17.8 Å². The highest BCUT2D eigenvalue weighted by Crippen LogP contribution is 2.37. The van der Waals surface area contributed by atoms with Gasteiger partial charge in [0.15, 0.2) is 0 Å². The molecule has 1 aromatic carbocycles. The number of alkyl halides is 3. The van der Waals surface area contributed by atoms with Gasteiger partial charge in [0.1, 0.15) is 5.56 Å². The van der Waals surface area contributed by atoms with Gasteiger partial charge < -0.3 is 10.4 Å². The molecule has 2 atom stereocenters. The van der Waals surface area contributed by atoms with Gasteiger partial charge in [0.05, 0.1) is 11.0 Å². The fourth-order valence-electron chi connectivity index (χ4n) is 1.87. The Morgan fingerprint density at radius 3 is 2.45 bits per heavy atom. The highest BCUT2D eigenvalue weighted by atomic mass is 19.4. The van der Waals surface area contributed by atoms with Crippen molar-refractivity contribution < 1.29 is 23.2 Å². The van der Waals surface area contributed by atoms with Crippen LogP contribution in [0.2, 0.25) is 0 Å². The fourth-order valence-corrected chi connectivity index (χ4v) is 1.87. The van der Waals surface area contributed by atoms with E-state index in [1.807, 2.05) is 0 Å². The lowest BCUT2D eigenvalue weighted by Crippen LogP contribution is -2.21. The highest BCUT2D eigenvalue weighted by Gasteiger charge is 2.38. The van der Waals surface area contributed by atoms with Crippen LogP contribution in [0.5, 0.6) is 0 Å². The summed E-state index contributed by atoms with van der Waals surface area (Å²) < 4.78 is 38.3. The number of aliphatic hydroxyl groups is 1. The third kappa shape index (κ3) is 4.37. The van der Waals surface area contributed by atoms with Crippen LogP contribution >= 0.6 is 0 Å². The highest BCUT2D eigenvalue weighted by molar-refractivity contribution is 5.55. The molecule has 0 aliphatic heterocycles. The van der Waals surface area contributed by atoms with Crippen molar-refractivity contribution in [3.8, 4) is 0 Å². The SMILES string of the molecule is CC(O)CC(C)Nc1ccc([N+](=O)[O-])c(C(F)(F)F)c1. The van der Waals surface area contributed by atoms with E-state index in [-0.39, 0.29) is 11.7 Å². The first-order valence-corrected chi connectivity index (χ1v) is 5.91. The van der Waals surface area contributed by atoms with Gasteiger partial charge in [-0.05, 0) is 32.4 Å². The molecule has 0 radical (unpaired) electrons. The lowest BCUT2D eigenvalue weighted by atomic mass is 10.1. The van der Waals surface area contributed by atoms with Crippen LogP contribution in [-0.4, -0.2) is 22.2 Å². The minimum atomic E-state index is -4.80. The van der Waals surface area contributed by atoms with E-state index < -0.39 is 28.5 Å². The standard InChI is InChI=1S/C12H15F3N2O3/c1-7(5-8(2)18)16-9-3-4-11(17(19)20)10(6-9)12(13,14)15/h3-4,6-8,16,18H,5H2,1-2H3. The number of anilines is 1. The summed E-state index contributed by atoms with van der Waals surface area (Å²) in [4.78, 5) is 9.54. The third-order valence-corrected chi connectivity index (χ3v) is 2.61. The van der Waals surface area contributed by atoms with Gasteiger partial charge >= 0.3 is 6.18 Å². The molecule has 2 unspecified atom stereocenters. The van der Waals surface area contributed by atoms with E-state index in [9.17, 15) is 28.4 Å². The van der Waals surface area contributed by atoms with Gasteiger partial charge in [-0.1, -0.05) is 0 Å². The number of aliphatic hydroxyl groups excluding tert-OH is 1. The third-order valence-electron chi connectivity index (χ3n) is 2.61. The Hall–Kier alpha value is -1.83. The van der Waals surface area contributed by atoms with Crippen LogP contribution in [0.4, 0.5) is 24.5 Å². The Morgan fingerprint density at radius 1 is 1.40 bits per heavy atom. The first-order valence-electron chi connectivity index (χ1n) is 5.91. The molecule has 0 aliphatic rings. The second-order valence-electron chi connectivity index (χ2n) is 4.62. The van der Waals surface area contributed by atoms with Gasteiger partial charge in [-0.2, -0.15) is 13.2 Å². The largest absolute Gasteiger partial charge is 0.423 e. The Morgan fingerprint density at radius 2 is 2.00 bits per heavy atom. The lowest BCUT2D eigenvalue weighted by molar-refractivity contribution is -0.388. The van der Waals surface area contributed by atoms with E-state index in [1.54, 1.807) is 13.8 Å². The van der Waals surface area contributed by atoms with Crippen LogP contribution in [0.15, 0.2) is 18.2 Å². The number of nitrogens with one attached hydrogen (secondary N) is 1. The maximum atomic E-state index is 12.8. The maximum absolute atomic E-state index is 12.8. The molecule has 0 saturated carbocycles. The van der Waals surface area contributed by atoms with Crippen molar-refractivity contribution in [1.82, 2.24) is 0 Å². The number of rotatable bonds is 5. The minimum Gasteiger partial charge on any atom is -0.393 e. The second kappa shape index (κ2) is 6.08. The first-order chi connectivity index (χ1) is 9.11.